The molecule has 0 radical (unpaired) electrons. The Hall–Kier alpha value is -3.16. The van der Waals surface area contributed by atoms with E-state index in [1.807, 2.05) is 6.08 Å². The SMILES string of the molecule is CCCCC/C=C\C/C=C\C/C=C\C/C=C\CCCCCCCCCCCCC(O)C(=O)NC(COC1OC(CO)C(O)C(O)C1OC(=O)CCCCCCCCCCCCCCC/C=C\C/C=C\CCCCC)C(O)/C=C/CCCCCCCCCCCC. The summed E-state index contributed by atoms with van der Waals surface area (Å²) >= 11 is 0. The molecule has 522 valence electrons. The molecule has 0 aromatic heterocycles. The van der Waals surface area contributed by atoms with Crippen LogP contribution in [-0.4, -0.2) is 99.6 Å². The molecule has 0 bridgehead atoms. The summed E-state index contributed by atoms with van der Waals surface area (Å²) in [6.07, 6.45) is 77.6. The Kier molecular flexibility index (Phi) is 62.1. The first-order chi connectivity index (χ1) is 44.2. The van der Waals surface area contributed by atoms with Gasteiger partial charge in [0.1, 0.15) is 24.4 Å². The third kappa shape index (κ3) is 52.2. The Morgan fingerprint density at radius 2 is 0.767 bits per heavy atom. The normalized spacial score (nSPS) is 18.5. The maximum absolute atomic E-state index is 13.5. The van der Waals surface area contributed by atoms with Crippen LogP contribution in [0.5, 0.6) is 0 Å². The highest BCUT2D eigenvalue weighted by Gasteiger charge is 2.47. The van der Waals surface area contributed by atoms with E-state index in [1.165, 1.54) is 205 Å². The van der Waals surface area contributed by atoms with Crippen LogP contribution in [0.25, 0.3) is 0 Å². The number of ether oxygens (including phenoxy) is 3. The molecule has 0 aliphatic carbocycles. The van der Waals surface area contributed by atoms with Crippen molar-refractivity contribution in [3.8, 4) is 0 Å². The number of hydrogen-bond acceptors (Lipinski definition) is 10. The molecular formula is C79H141NO10. The topological polar surface area (TPSA) is 175 Å². The van der Waals surface area contributed by atoms with Gasteiger partial charge in [-0.3, -0.25) is 9.59 Å². The zero-order chi connectivity index (χ0) is 65.3. The second kappa shape index (κ2) is 65.9. The van der Waals surface area contributed by atoms with Gasteiger partial charge in [0.2, 0.25) is 5.91 Å². The average Bonchev–Trinajstić information content (AvgIpc) is 1.11. The summed E-state index contributed by atoms with van der Waals surface area (Å²) in [7, 11) is 0. The van der Waals surface area contributed by atoms with Crippen LogP contribution >= 0.6 is 0 Å². The van der Waals surface area contributed by atoms with Gasteiger partial charge in [-0.25, -0.2) is 0 Å². The van der Waals surface area contributed by atoms with Gasteiger partial charge in [0, 0.05) is 6.42 Å². The van der Waals surface area contributed by atoms with Crippen LogP contribution < -0.4 is 5.32 Å². The first-order valence-electron chi connectivity index (χ1n) is 37.9. The summed E-state index contributed by atoms with van der Waals surface area (Å²) in [5, 5.41) is 57.4. The smallest absolute Gasteiger partial charge is 0.306 e. The lowest BCUT2D eigenvalue weighted by Crippen LogP contribution is -2.61. The monoisotopic (exact) mass is 1260 g/mol. The molecule has 11 nitrogen and oxygen atoms in total. The van der Waals surface area contributed by atoms with E-state index in [4.69, 9.17) is 14.2 Å². The number of aliphatic hydroxyl groups excluding tert-OH is 5. The predicted molar refractivity (Wildman–Crippen MR) is 379 cm³/mol. The fourth-order valence-corrected chi connectivity index (χ4v) is 11.6. The summed E-state index contributed by atoms with van der Waals surface area (Å²) in [6, 6.07) is -1.03. The highest BCUT2D eigenvalue weighted by molar-refractivity contribution is 5.80. The van der Waals surface area contributed by atoms with Gasteiger partial charge in [-0.2, -0.15) is 0 Å². The number of rotatable bonds is 65. The number of amides is 1. The summed E-state index contributed by atoms with van der Waals surface area (Å²) in [5.74, 6) is -1.19. The third-order valence-corrected chi connectivity index (χ3v) is 17.5. The van der Waals surface area contributed by atoms with Crippen LogP contribution in [0.3, 0.4) is 0 Å². The van der Waals surface area contributed by atoms with Crippen LogP contribution in [-0.2, 0) is 23.8 Å². The molecule has 1 fully saturated rings. The van der Waals surface area contributed by atoms with Crippen molar-refractivity contribution in [2.45, 2.75) is 391 Å². The minimum absolute atomic E-state index is 0.121. The molecule has 6 N–H and O–H groups in total. The molecule has 8 atom stereocenters. The molecule has 0 saturated carbocycles. The Balaban J connectivity index is 2.54. The molecule has 1 amide bonds. The van der Waals surface area contributed by atoms with Gasteiger partial charge in [-0.05, 0) is 103 Å². The van der Waals surface area contributed by atoms with Crippen molar-refractivity contribution in [1.29, 1.82) is 0 Å². The molecular weight excluding hydrogens is 1120 g/mol. The first kappa shape index (κ1) is 84.9. The Morgan fingerprint density at radius 1 is 0.433 bits per heavy atom. The zero-order valence-corrected chi connectivity index (χ0v) is 58.2. The molecule has 1 saturated heterocycles. The lowest BCUT2D eigenvalue weighted by atomic mass is 9.99. The lowest BCUT2D eigenvalue weighted by Gasteiger charge is -2.41. The minimum atomic E-state index is -1.62. The Bertz CT molecular complexity index is 1790. The van der Waals surface area contributed by atoms with Crippen LogP contribution in [0.2, 0.25) is 0 Å². The summed E-state index contributed by atoms with van der Waals surface area (Å²) < 4.78 is 17.7. The van der Waals surface area contributed by atoms with E-state index in [2.05, 4.69) is 99.0 Å². The Morgan fingerprint density at radius 3 is 1.17 bits per heavy atom. The van der Waals surface area contributed by atoms with Crippen LogP contribution in [0, 0.1) is 0 Å². The van der Waals surface area contributed by atoms with E-state index in [0.29, 0.717) is 12.8 Å². The van der Waals surface area contributed by atoms with E-state index in [-0.39, 0.29) is 19.4 Å². The largest absolute Gasteiger partial charge is 0.454 e. The second-order valence-electron chi connectivity index (χ2n) is 26.0. The number of nitrogens with one attached hydrogen (secondary N) is 1. The molecule has 1 heterocycles. The average molecular weight is 1260 g/mol. The number of esters is 1. The second-order valence-corrected chi connectivity index (χ2v) is 26.0. The lowest BCUT2D eigenvalue weighted by molar-refractivity contribution is -0.305. The molecule has 90 heavy (non-hydrogen) atoms. The van der Waals surface area contributed by atoms with Crippen molar-refractivity contribution < 1.29 is 49.3 Å². The maximum atomic E-state index is 13.5. The van der Waals surface area contributed by atoms with Crippen molar-refractivity contribution in [2.75, 3.05) is 13.2 Å². The van der Waals surface area contributed by atoms with Crippen LogP contribution in [0.4, 0.5) is 0 Å². The molecule has 0 aromatic rings. The van der Waals surface area contributed by atoms with Crippen molar-refractivity contribution in [3.63, 3.8) is 0 Å². The standard InChI is InChI=1S/C79H141NO10/c1-4-7-10-13-16-19-22-25-27-29-31-33-35-36-37-39-40-42-44-46-48-51-54-57-60-63-66-72(83)78(87)80-70(71(82)65-62-59-56-53-50-24-21-18-15-12-9-6-3)69-88-79-77(76(86)75(85)73(68-81)89-79)90-74(84)67-64-61-58-55-52-49-47-45-43-41-38-34-32-30-28-26-23-20-17-14-11-8-5-2/h16-17,19-20,25-28,31,33,36-37,62,65,70-73,75-77,79,81-83,85-86H,4-15,18,21-24,29-30,32,34-35,38-61,63-64,66-69H2,1-3H3,(H,80,87)/b19-16-,20-17-,27-25-,28-26-,33-31-,37-36-,65-62+. The molecule has 11 heteroatoms. The van der Waals surface area contributed by atoms with Gasteiger partial charge >= 0.3 is 5.97 Å². The maximum Gasteiger partial charge on any atom is 0.306 e. The number of carbonyl (C=O) groups excluding carboxylic acids is 2. The summed E-state index contributed by atoms with van der Waals surface area (Å²) in [4.78, 5) is 26.7. The fourth-order valence-electron chi connectivity index (χ4n) is 11.6. The molecule has 1 aliphatic heterocycles. The van der Waals surface area contributed by atoms with Crippen molar-refractivity contribution in [2.24, 2.45) is 0 Å². The van der Waals surface area contributed by atoms with Gasteiger partial charge < -0.3 is 45.1 Å². The van der Waals surface area contributed by atoms with Crippen molar-refractivity contribution in [3.05, 3.63) is 85.1 Å². The van der Waals surface area contributed by atoms with Gasteiger partial charge in [0.05, 0.1) is 25.4 Å². The number of aliphatic hydroxyl groups is 5. The zero-order valence-electron chi connectivity index (χ0n) is 58.2. The predicted octanol–water partition coefficient (Wildman–Crippen LogP) is 20.0. The molecule has 1 rings (SSSR count). The summed E-state index contributed by atoms with van der Waals surface area (Å²) in [6.45, 7) is 5.77. The number of carbonyl (C=O) groups is 2. The van der Waals surface area contributed by atoms with E-state index in [9.17, 15) is 35.1 Å². The highest BCUT2D eigenvalue weighted by atomic mass is 16.7. The highest BCUT2D eigenvalue weighted by Crippen LogP contribution is 2.26. The molecule has 0 spiro atoms. The van der Waals surface area contributed by atoms with Crippen molar-refractivity contribution in [1.82, 2.24) is 5.32 Å². The van der Waals surface area contributed by atoms with E-state index in [1.54, 1.807) is 6.08 Å². The molecule has 0 aromatic carbocycles. The fraction of sp³-hybridized carbons (Fsp3) is 0.797. The number of hydrogen-bond donors (Lipinski definition) is 6. The van der Waals surface area contributed by atoms with Gasteiger partial charge in [0.25, 0.3) is 0 Å². The van der Waals surface area contributed by atoms with Gasteiger partial charge in [-0.1, -0.05) is 318 Å². The molecule has 8 unspecified atom stereocenters. The minimum Gasteiger partial charge on any atom is -0.454 e. The van der Waals surface area contributed by atoms with E-state index >= 15 is 0 Å². The quantitative estimate of drug-likeness (QED) is 0.0195. The number of unbranched alkanes of at least 4 members (excludes halogenated alkanes) is 39. The van der Waals surface area contributed by atoms with E-state index in [0.717, 1.165) is 89.9 Å². The number of allylic oxidation sites excluding steroid dienone is 13. The van der Waals surface area contributed by atoms with Crippen molar-refractivity contribution >= 4 is 11.9 Å². The third-order valence-electron chi connectivity index (χ3n) is 17.5. The van der Waals surface area contributed by atoms with Crippen LogP contribution in [0.1, 0.15) is 342 Å². The van der Waals surface area contributed by atoms with E-state index < -0.39 is 67.4 Å². The van der Waals surface area contributed by atoms with Gasteiger partial charge in [0.15, 0.2) is 12.4 Å². The summed E-state index contributed by atoms with van der Waals surface area (Å²) in [5.41, 5.74) is 0. The Labute approximate surface area is 553 Å². The first-order valence-corrected chi connectivity index (χ1v) is 37.9. The van der Waals surface area contributed by atoms with Gasteiger partial charge in [-0.15, -0.1) is 0 Å². The van der Waals surface area contributed by atoms with Crippen LogP contribution in [0.15, 0.2) is 85.1 Å². The molecule has 1 aliphatic rings.